The van der Waals surface area contributed by atoms with E-state index in [1.807, 2.05) is 6.92 Å². The van der Waals surface area contributed by atoms with Crippen LogP contribution in [0.2, 0.25) is 6.04 Å². The lowest BCUT2D eigenvalue weighted by atomic mass is 10.4. The summed E-state index contributed by atoms with van der Waals surface area (Å²) in [4.78, 5) is 0. The van der Waals surface area contributed by atoms with Gasteiger partial charge < -0.3 is 18.0 Å². The molecule has 0 aromatic carbocycles. The van der Waals surface area contributed by atoms with Gasteiger partial charge >= 0.3 is 8.80 Å². The van der Waals surface area contributed by atoms with Gasteiger partial charge in [-0.1, -0.05) is 6.92 Å². The van der Waals surface area contributed by atoms with E-state index >= 15 is 0 Å². The van der Waals surface area contributed by atoms with Gasteiger partial charge in [0.25, 0.3) is 0 Å². The Hall–Kier alpha value is 0.0569. The molecule has 0 aliphatic carbocycles. The van der Waals surface area contributed by atoms with Gasteiger partial charge in [0.1, 0.15) is 0 Å². The Balaban J connectivity index is 0.000000293. The lowest BCUT2D eigenvalue weighted by Gasteiger charge is -2.22. The largest absolute Gasteiger partial charge is 0.499 e. The summed E-state index contributed by atoms with van der Waals surface area (Å²) in [5.74, 6) is 0. The van der Waals surface area contributed by atoms with E-state index in [9.17, 15) is 0 Å². The molecular weight excluding hydrogens is 188 g/mol. The molecule has 0 atom stereocenters. The van der Waals surface area contributed by atoms with E-state index in [0.29, 0.717) is 0 Å². The molecular formula is C8H20O4Si. The van der Waals surface area contributed by atoms with Crippen LogP contribution >= 0.6 is 0 Å². The zero-order valence-corrected chi connectivity index (χ0v) is 9.96. The minimum atomic E-state index is -2.19. The fraction of sp³-hybridized carbons (Fsp3) is 1.00. The highest BCUT2D eigenvalue weighted by atomic mass is 28.4. The zero-order valence-electron chi connectivity index (χ0n) is 8.96. The third-order valence-corrected chi connectivity index (χ3v) is 4.68. The quantitative estimate of drug-likeness (QED) is 0.652. The van der Waals surface area contributed by atoms with Crippen molar-refractivity contribution in [2.45, 2.75) is 19.4 Å². The van der Waals surface area contributed by atoms with E-state index in [2.05, 4.69) is 0 Å². The molecule has 1 fully saturated rings. The van der Waals surface area contributed by atoms with Crippen LogP contribution in [0.4, 0.5) is 0 Å². The average molecular weight is 208 g/mol. The maximum Gasteiger partial charge on any atom is 0.499 e. The Labute approximate surface area is 81.5 Å². The minimum absolute atomic E-state index is 0.816. The van der Waals surface area contributed by atoms with Crippen LogP contribution in [0, 0.1) is 0 Å². The first kappa shape index (κ1) is 13.1. The summed E-state index contributed by atoms with van der Waals surface area (Å²) in [5, 5.41) is 0. The van der Waals surface area contributed by atoms with E-state index in [0.717, 1.165) is 19.3 Å². The molecule has 5 heteroatoms. The predicted molar refractivity (Wildman–Crippen MR) is 52.7 cm³/mol. The Kier molecular flexibility index (Phi) is 7.49. The summed E-state index contributed by atoms with van der Waals surface area (Å²) in [5.41, 5.74) is 0. The predicted octanol–water partition coefficient (Wildman–Crippen LogP) is 1.29. The molecule has 0 spiro atoms. The Morgan fingerprint density at radius 1 is 1.08 bits per heavy atom. The van der Waals surface area contributed by atoms with Crippen molar-refractivity contribution in [3.63, 3.8) is 0 Å². The molecule has 0 aromatic heterocycles. The summed E-state index contributed by atoms with van der Waals surface area (Å²) in [6.07, 6.45) is 1.28. The number of hydrogen-bond acceptors (Lipinski definition) is 4. The van der Waals surface area contributed by atoms with Crippen LogP contribution in [-0.4, -0.2) is 43.3 Å². The van der Waals surface area contributed by atoms with Gasteiger partial charge in [0, 0.05) is 40.6 Å². The highest BCUT2D eigenvalue weighted by molar-refractivity contribution is 6.60. The third-order valence-electron chi connectivity index (χ3n) is 1.94. The molecule has 1 saturated heterocycles. The molecule has 1 heterocycles. The maximum absolute atomic E-state index is 5.08. The van der Waals surface area contributed by atoms with Gasteiger partial charge in [-0.05, 0) is 6.42 Å². The normalized spacial score (nSPS) is 15.7. The molecule has 0 amide bonds. The van der Waals surface area contributed by atoms with Crippen LogP contribution in [0.3, 0.4) is 0 Å². The summed E-state index contributed by atoms with van der Waals surface area (Å²) in [6.45, 7) is 3.99. The van der Waals surface area contributed by atoms with Crippen molar-refractivity contribution in [1.29, 1.82) is 0 Å². The fourth-order valence-corrected chi connectivity index (χ4v) is 2.19. The van der Waals surface area contributed by atoms with Gasteiger partial charge in [-0.3, -0.25) is 0 Å². The van der Waals surface area contributed by atoms with Crippen molar-refractivity contribution in [2.24, 2.45) is 0 Å². The second-order valence-electron chi connectivity index (χ2n) is 2.61. The number of ether oxygens (including phenoxy) is 1. The Morgan fingerprint density at radius 3 is 1.38 bits per heavy atom. The molecule has 0 saturated carbocycles. The molecule has 80 valence electrons. The molecule has 13 heavy (non-hydrogen) atoms. The van der Waals surface area contributed by atoms with Crippen molar-refractivity contribution in [1.82, 2.24) is 0 Å². The van der Waals surface area contributed by atoms with E-state index in [1.165, 1.54) is 6.42 Å². The first-order chi connectivity index (χ1) is 6.24. The summed E-state index contributed by atoms with van der Waals surface area (Å²) in [6, 6.07) is 0.816. The second-order valence-corrected chi connectivity index (χ2v) is 5.91. The van der Waals surface area contributed by atoms with Gasteiger partial charge in [-0.25, -0.2) is 0 Å². The van der Waals surface area contributed by atoms with E-state index in [1.54, 1.807) is 21.3 Å². The maximum atomic E-state index is 5.08. The van der Waals surface area contributed by atoms with Crippen LogP contribution in [-0.2, 0) is 18.0 Å². The fourth-order valence-electron chi connectivity index (χ4n) is 0.827. The van der Waals surface area contributed by atoms with Gasteiger partial charge in [0.2, 0.25) is 0 Å². The first-order valence-corrected chi connectivity index (χ1v) is 6.41. The molecule has 0 radical (unpaired) electrons. The first-order valence-electron chi connectivity index (χ1n) is 4.48. The van der Waals surface area contributed by atoms with Crippen LogP contribution in [0.1, 0.15) is 13.3 Å². The van der Waals surface area contributed by atoms with E-state index in [-0.39, 0.29) is 0 Å². The zero-order chi connectivity index (χ0) is 10.2. The molecule has 1 aliphatic rings. The van der Waals surface area contributed by atoms with Crippen molar-refractivity contribution in [3.05, 3.63) is 0 Å². The molecule has 1 aliphatic heterocycles. The number of hydrogen-bond donors (Lipinski definition) is 0. The van der Waals surface area contributed by atoms with Crippen LogP contribution in [0.15, 0.2) is 0 Å². The highest BCUT2D eigenvalue weighted by Crippen LogP contribution is 2.10. The lowest BCUT2D eigenvalue weighted by molar-refractivity contribution is 0.0367. The van der Waals surface area contributed by atoms with E-state index in [4.69, 9.17) is 18.0 Å². The van der Waals surface area contributed by atoms with Gasteiger partial charge in [0.05, 0.1) is 0 Å². The van der Waals surface area contributed by atoms with Crippen molar-refractivity contribution in [2.75, 3.05) is 34.5 Å². The summed E-state index contributed by atoms with van der Waals surface area (Å²) >= 11 is 0. The Bertz CT molecular complexity index is 91.2. The highest BCUT2D eigenvalue weighted by Gasteiger charge is 2.34. The summed E-state index contributed by atoms with van der Waals surface area (Å²) in [7, 11) is 2.65. The molecule has 1 rings (SSSR count). The molecule has 0 N–H and O–H groups in total. The van der Waals surface area contributed by atoms with Crippen molar-refractivity contribution >= 4 is 8.80 Å². The molecule has 0 bridgehead atoms. The minimum Gasteiger partial charge on any atom is -0.381 e. The Morgan fingerprint density at radius 2 is 1.38 bits per heavy atom. The topological polar surface area (TPSA) is 36.9 Å². The standard InChI is InChI=1S/C5H14O3Si.C3H6O/c1-5-9(6-2,7-3)8-4;1-2-4-3-1/h5H2,1-4H3;1-3H2. The number of rotatable bonds is 4. The monoisotopic (exact) mass is 208 g/mol. The lowest BCUT2D eigenvalue weighted by Crippen LogP contribution is -2.41. The second kappa shape index (κ2) is 7.46. The smallest absolute Gasteiger partial charge is 0.381 e. The molecule has 0 unspecified atom stereocenters. The van der Waals surface area contributed by atoms with Gasteiger partial charge in [-0.2, -0.15) is 0 Å². The van der Waals surface area contributed by atoms with Gasteiger partial charge in [0.15, 0.2) is 0 Å². The van der Waals surface area contributed by atoms with Crippen LogP contribution in [0.5, 0.6) is 0 Å². The van der Waals surface area contributed by atoms with Gasteiger partial charge in [-0.15, -0.1) is 0 Å². The van der Waals surface area contributed by atoms with Crippen molar-refractivity contribution in [3.8, 4) is 0 Å². The SMILES string of the molecule is C1COC1.CC[Si](OC)(OC)OC. The molecule has 4 nitrogen and oxygen atoms in total. The third kappa shape index (κ3) is 4.73. The molecule has 0 aromatic rings. The van der Waals surface area contributed by atoms with Crippen molar-refractivity contribution < 1.29 is 18.0 Å². The van der Waals surface area contributed by atoms with Crippen LogP contribution < -0.4 is 0 Å². The van der Waals surface area contributed by atoms with Crippen LogP contribution in [0.25, 0.3) is 0 Å². The average Bonchev–Trinajstić information content (AvgIpc) is 2.07. The summed E-state index contributed by atoms with van der Waals surface area (Å²) < 4.78 is 20.0. The van der Waals surface area contributed by atoms with E-state index < -0.39 is 8.80 Å².